The predicted octanol–water partition coefficient (Wildman–Crippen LogP) is 4.58. The lowest BCUT2D eigenvalue weighted by Gasteiger charge is -2.03. The van der Waals surface area contributed by atoms with Crippen molar-refractivity contribution in [2.75, 3.05) is 0 Å². The van der Waals surface area contributed by atoms with Crippen LogP contribution in [-0.4, -0.2) is 14.3 Å². The molecule has 0 bridgehead atoms. The summed E-state index contributed by atoms with van der Waals surface area (Å²) in [4.78, 5) is 15.2. The molecule has 0 unspecified atom stereocenters. The molecule has 2 aromatic carbocycles. The van der Waals surface area contributed by atoms with Gasteiger partial charge in [-0.1, -0.05) is 48.5 Å². The first-order valence-electron chi connectivity index (χ1n) is 7.50. The summed E-state index contributed by atoms with van der Waals surface area (Å²) in [5, 5.41) is 11.2. The molecular weight excluding hydrogens is 302 g/mol. The van der Waals surface area contributed by atoms with Gasteiger partial charge in [0.2, 0.25) is 5.65 Å². The van der Waals surface area contributed by atoms with E-state index in [4.69, 9.17) is 0 Å². The number of hydrogen-bond acceptors (Lipinski definition) is 3. The van der Waals surface area contributed by atoms with Gasteiger partial charge in [-0.25, -0.2) is 4.98 Å². The summed E-state index contributed by atoms with van der Waals surface area (Å²) in [7, 11) is 0. The van der Waals surface area contributed by atoms with Crippen molar-refractivity contribution in [3.05, 3.63) is 89.2 Å². The van der Waals surface area contributed by atoms with Crippen LogP contribution in [0.3, 0.4) is 0 Å². The molecule has 0 aliphatic carbocycles. The number of rotatable bonds is 3. The van der Waals surface area contributed by atoms with Crippen molar-refractivity contribution in [2.45, 2.75) is 0 Å². The van der Waals surface area contributed by atoms with Crippen LogP contribution in [0.2, 0.25) is 0 Å². The lowest BCUT2D eigenvalue weighted by molar-refractivity contribution is -0.383. The molecule has 4 aromatic rings. The summed E-state index contributed by atoms with van der Waals surface area (Å²) in [6.45, 7) is 0. The Balaban J connectivity index is 1.84. The fourth-order valence-electron chi connectivity index (χ4n) is 2.77. The maximum atomic E-state index is 11.2. The number of imidazole rings is 1. The van der Waals surface area contributed by atoms with Gasteiger partial charge in [0.25, 0.3) is 0 Å². The third kappa shape index (κ3) is 2.42. The van der Waals surface area contributed by atoms with Crippen molar-refractivity contribution < 1.29 is 4.92 Å². The molecule has 2 heterocycles. The number of nitrogens with zero attached hydrogens (tertiary/aromatic N) is 3. The van der Waals surface area contributed by atoms with Gasteiger partial charge >= 0.3 is 5.69 Å². The normalized spacial score (nSPS) is 10.8. The van der Waals surface area contributed by atoms with E-state index in [1.165, 1.54) is 6.07 Å². The number of aromatic nitrogens is 2. The SMILES string of the molecule is O=[N+]([O-])c1cccn2cc(-c3cccc(-c4ccccc4)c3)nc12. The van der Waals surface area contributed by atoms with E-state index in [9.17, 15) is 10.1 Å². The van der Waals surface area contributed by atoms with Gasteiger partial charge in [-0.05, 0) is 23.3 Å². The fraction of sp³-hybridized carbons (Fsp3) is 0. The third-order valence-corrected chi connectivity index (χ3v) is 3.92. The van der Waals surface area contributed by atoms with Crippen LogP contribution in [0.4, 0.5) is 5.69 Å². The molecule has 0 saturated carbocycles. The Morgan fingerprint density at radius 2 is 1.62 bits per heavy atom. The second-order valence-electron chi connectivity index (χ2n) is 5.45. The van der Waals surface area contributed by atoms with Crippen molar-refractivity contribution in [3.63, 3.8) is 0 Å². The zero-order chi connectivity index (χ0) is 16.5. The summed E-state index contributed by atoms with van der Waals surface area (Å²) in [6, 6.07) is 21.2. The molecule has 4 rings (SSSR count). The Kier molecular flexibility index (Phi) is 3.31. The average Bonchev–Trinajstić information content (AvgIpc) is 3.06. The van der Waals surface area contributed by atoms with Crippen LogP contribution >= 0.6 is 0 Å². The highest BCUT2D eigenvalue weighted by Gasteiger charge is 2.15. The monoisotopic (exact) mass is 315 g/mol. The third-order valence-electron chi connectivity index (χ3n) is 3.92. The zero-order valence-electron chi connectivity index (χ0n) is 12.7. The molecule has 2 aromatic heterocycles. The Morgan fingerprint density at radius 1 is 0.875 bits per heavy atom. The maximum absolute atomic E-state index is 11.2. The minimum atomic E-state index is -0.410. The van der Waals surface area contributed by atoms with E-state index in [1.807, 2.05) is 60.8 Å². The summed E-state index contributed by atoms with van der Waals surface area (Å²) in [5.74, 6) is 0. The largest absolute Gasteiger partial charge is 0.312 e. The molecular formula is C19H13N3O2. The van der Waals surface area contributed by atoms with Crippen LogP contribution in [0, 0.1) is 10.1 Å². The molecule has 0 atom stereocenters. The van der Waals surface area contributed by atoms with Gasteiger partial charge in [-0.15, -0.1) is 0 Å². The summed E-state index contributed by atoms with van der Waals surface area (Å²) in [5.41, 5.74) is 4.19. The number of pyridine rings is 1. The summed E-state index contributed by atoms with van der Waals surface area (Å²) < 4.78 is 1.68. The van der Waals surface area contributed by atoms with Crippen molar-refractivity contribution in [1.82, 2.24) is 9.38 Å². The average molecular weight is 315 g/mol. The fourth-order valence-corrected chi connectivity index (χ4v) is 2.77. The second kappa shape index (κ2) is 5.62. The topological polar surface area (TPSA) is 60.4 Å². The van der Waals surface area contributed by atoms with Crippen LogP contribution in [0.15, 0.2) is 79.1 Å². The first kappa shape index (κ1) is 14.1. The van der Waals surface area contributed by atoms with E-state index in [-0.39, 0.29) is 5.69 Å². The van der Waals surface area contributed by atoms with Gasteiger partial charge in [0, 0.05) is 24.0 Å². The van der Waals surface area contributed by atoms with Crippen LogP contribution in [0.1, 0.15) is 0 Å². The van der Waals surface area contributed by atoms with Crippen LogP contribution in [0.5, 0.6) is 0 Å². The maximum Gasteiger partial charge on any atom is 0.312 e. The van der Waals surface area contributed by atoms with Gasteiger partial charge < -0.3 is 4.40 Å². The molecule has 0 amide bonds. The molecule has 0 fully saturated rings. The van der Waals surface area contributed by atoms with E-state index in [0.29, 0.717) is 11.3 Å². The van der Waals surface area contributed by atoms with E-state index in [2.05, 4.69) is 4.98 Å². The zero-order valence-corrected chi connectivity index (χ0v) is 12.7. The number of hydrogen-bond donors (Lipinski definition) is 0. The van der Waals surface area contributed by atoms with E-state index >= 15 is 0 Å². The molecule has 116 valence electrons. The summed E-state index contributed by atoms with van der Waals surface area (Å²) >= 11 is 0. The van der Waals surface area contributed by atoms with E-state index in [0.717, 1.165) is 16.7 Å². The Labute approximate surface area is 138 Å². The molecule has 24 heavy (non-hydrogen) atoms. The molecule has 0 saturated heterocycles. The van der Waals surface area contributed by atoms with Crippen molar-refractivity contribution in [3.8, 4) is 22.4 Å². The number of nitro groups is 1. The Hall–Kier alpha value is -3.47. The van der Waals surface area contributed by atoms with Crippen molar-refractivity contribution in [2.24, 2.45) is 0 Å². The van der Waals surface area contributed by atoms with Gasteiger partial charge in [0.15, 0.2) is 0 Å². The highest BCUT2D eigenvalue weighted by molar-refractivity contribution is 5.73. The van der Waals surface area contributed by atoms with Gasteiger partial charge in [0.1, 0.15) is 0 Å². The predicted molar refractivity (Wildman–Crippen MR) is 92.7 cm³/mol. The number of fused-ring (bicyclic) bond motifs is 1. The van der Waals surface area contributed by atoms with Crippen molar-refractivity contribution >= 4 is 11.3 Å². The van der Waals surface area contributed by atoms with Gasteiger partial charge in [-0.3, -0.25) is 10.1 Å². The minimum Gasteiger partial charge on any atom is -0.301 e. The smallest absolute Gasteiger partial charge is 0.301 e. The van der Waals surface area contributed by atoms with E-state index in [1.54, 1.807) is 16.7 Å². The Bertz CT molecular complexity index is 1040. The highest BCUT2D eigenvalue weighted by Crippen LogP contribution is 2.28. The van der Waals surface area contributed by atoms with Crippen LogP contribution in [-0.2, 0) is 0 Å². The standard InChI is InChI=1S/C19H13N3O2/c23-22(24)18-10-5-11-21-13-17(20-19(18)21)16-9-4-8-15(12-16)14-6-2-1-3-7-14/h1-13H. The Morgan fingerprint density at radius 3 is 2.42 bits per heavy atom. The van der Waals surface area contributed by atoms with Gasteiger partial charge in [-0.2, -0.15) is 0 Å². The lowest BCUT2D eigenvalue weighted by atomic mass is 10.0. The molecule has 0 aliphatic rings. The van der Waals surface area contributed by atoms with E-state index < -0.39 is 4.92 Å². The van der Waals surface area contributed by atoms with Crippen LogP contribution in [0.25, 0.3) is 28.0 Å². The second-order valence-corrected chi connectivity index (χ2v) is 5.45. The van der Waals surface area contributed by atoms with Crippen molar-refractivity contribution in [1.29, 1.82) is 0 Å². The molecule has 5 heteroatoms. The molecule has 0 radical (unpaired) electrons. The number of benzene rings is 2. The van der Waals surface area contributed by atoms with Crippen LogP contribution < -0.4 is 0 Å². The first-order valence-corrected chi connectivity index (χ1v) is 7.50. The molecule has 0 spiro atoms. The first-order chi connectivity index (χ1) is 11.7. The molecule has 0 N–H and O–H groups in total. The lowest BCUT2D eigenvalue weighted by Crippen LogP contribution is -1.92. The quantitative estimate of drug-likeness (QED) is 0.411. The molecule has 5 nitrogen and oxygen atoms in total. The highest BCUT2D eigenvalue weighted by atomic mass is 16.6. The molecule has 0 aliphatic heterocycles. The minimum absolute atomic E-state index is 0.00274. The van der Waals surface area contributed by atoms with Gasteiger partial charge in [0.05, 0.1) is 10.6 Å². The summed E-state index contributed by atoms with van der Waals surface area (Å²) in [6.07, 6.45) is 3.58.